The van der Waals surface area contributed by atoms with Crippen LogP contribution in [0.1, 0.15) is 24.4 Å². The van der Waals surface area contributed by atoms with E-state index < -0.39 is 17.7 Å². The summed E-state index contributed by atoms with van der Waals surface area (Å²) in [7, 11) is 1.65. The van der Waals surface area contributed by atoms with Crippen LogP contribution in [0.5, 0.6) is 0 Å². The summed E-state index contributed by atoms with van der Waals surface area (Å²) < 4.78 is 31.9. The van der Waals surface area contributed by atoms with E-state index in [0.717, 1.165) is 25.5 Å². The lowest BCUT2D eigenvalue weighted by atomic mass is 10.1. The maximum atomic E-state index is 13.7. The van der Waals surface area contributed by atoms with Crippen molar-refractivity contribution in [1.29, 1.82) is 0 Å². The lowest BCUT2D eigenvalue weighted by Gasteiger charge is -2.25. The molecule has 0 amide bonds. The summed E-state index contributed by atoms with van der Waals surface area (Å²) in [5, 5.41) is 0. The van der Waals surface area contributed by atoms with Crippen LogP contribution in [0.2, 0.25) is 0 Å². The zero-order chi connectivity index (χ0) is 13.8. The normalized spacial score (nSPS) is 16.9. The minimum Gasteiger partial charge on any atom is -0.383 e. The molecule has 0 saturated heterocycles. The third-order valence-electron chi connectivity index (χ3n) is 3.46. The summed E-state index contributed by atoms with van der Waals surface area (Å²) in [6.07, 6.45) is 2.28. The molecule has 0 radical (unpaired) electrons. The number of hydrogen-bond acceptors (Lipinski definition) is 3. The molecule has 106 valence electrons. The predicted molar refractivity (Wildman–Crippen MR) is 69.8 cm³/mol. The summed E-state index contributed by atoms with van der Waals surface area (Å²) in [4.78, 5) is 2.19. The van der Waals surface area contributed by atoms with Crippen molar-refractivity contribution in [3.63, 3.8) is 0 Å². The Hall–Kier alpha value is -1.04. The van der Waals surface area contributed by atoms with Crippen molar-refractivity contribution >= 4 is 0 Å². The van der Waals surface area contributed by atoms with E-state index in [1.54, 1.807) is 13.2 Å². The molecule has 3 nitrogen and oxygen atoms in total. The van der Waals surface area contributed by atoms with Gasteiger partial charge in [0.2, 0.25) is 0 Å². The highest BCUT2D eigenvalue weighted by atomic mass is 19.2. The summed E-state index contributed by atoms with van der Waals surface area (Å²) in [5.74, 6) is -1.68. The topological polar surface area (TPSA) is 38.5 Å². The van der Waals surface area contributed by atoms with Crippen LogP contribution in [0.4, 0.5) is 8.78 Å². The Balaban J connectivity index is 2.01. The Morgan fingerprint density at radius 1 is 1.42 bits per heavy atom. The van der Waals surface area contributed by atoms with Gasteiger partial charge in [-0.15, -0.1) is 0 Å². The molecule has 2 N–H and O–H groups in total. The average molecular weight is 270 g/mol. The largest absolute Gasteiger partial charge is 0.383 e. The van der Waals surface area contributed by atoms with E-state index in [1.807, 2.05) is 0 Å². The SMILES string of the molecule is COCCN(CC(N)c1cccc(F)c1F)C1CC1. The molecule has 0 spiro atoms. The number of methoxy groups -OCH3 is 1. The van der Waals surface area contributed by atoms with Crippen LogP contribution in [0.15, 0.2) is 18.2 Å². The first kappa shape index (κ1) is 14.4. The Bertz CT molecular complexity index is 424. The van der Waals surface area contributed by atoms with Crippen molar-refractivity contribution in [2.75, 3.05) is 26.8 Å². The van der Waals surface area contributed by atoms with E-state index >= 15 is 0 Å². The zero-order valence-electron chi connectivity index (χ0n) is 11.1. The fraction of sp³-hybridized carbons (Fsp3) is 0.571. The Kier molecular flexibility index (Phi) is 4.85. The molecule has 1 aromatic carbocycles. The van der Waals surface area contributed by atoms with Gasteiger partial charge in [0.15, 0.2) is 11.6 Å². The molecular weight excluding hydrogens is 250 g/mol. The van der Waals surface area contributed by atoms with Gasteiger partial charge in [-0.25, -0.2) is 8.78 Å². The first-order valence-electron chi connectivity index (χ1n) is 6.56. The van der Waals surface area contributed by atoms with Crippen LogP contribution >= 0.6 is 0 Å². The molecule has 1 aromatic rings. The molecule has 1 aliphatic carbocycles. The molecule has 1 unspecified atom stereocenters. The van der Waals surface area contributed by atoms with E-state index in [-0.39, 0.29) is 5.56 Å². The van der Waals surface area contributed by atoms with E-state index in [4.69, 9.17) is 10.5 Å². The molecule has 0 bridgehead atoms. The van der Waals surface area contributed by atoms with Crippen molar-refractivity contribution in [1.82, 2.24) is 4.90 Å². The van der Waals surface area contributed by atoms with Crippen LogP contribution in [-0.4, -0.2) is 37.7 Å². The summed E-state index contributed by atoms with van der Waals surface area (Å²) >= 11 is 0. The van der Waals surface area contributed by atoms with E-state index in [9.17, 15) is 8.78 Å². The third-order valence-corrected chi connectivity index (χ3v) is 3.46. The van der Waals surface area contributed by atoms with Crippen LogP contribution in [0.25, 0.3) is 0 Å². The van der Waals surface area contributed by atoms with E-state index in [2.05, 4.69) is 4.90 Å². The van der Waals surface area contributed by atoms with Gasteiger partial charge in [-0.05, 0) is 18.9 Å². The van der Waals surface area contributed by atoms with Crippen molar-refractivity contribution in [2.45, 2.75) is 24.9 Å². The Morgan fingerprint density at radius 2 is 2.16 bits per heavy atom. The van der Waals surface area contributed by atoms with Crippen LogP contribution in [0.3, 0.4) is 0 Å². The minimum atomic E-state index is -0.845. The number of halogens is 2. The molecule has 1 aliphatic rings. The quantitative estimate of drug-likeness (QED) is 0.824. The standard InChI is InChI=1S/C14H20F2N2O/c1-19-8-7-18(10-5-6-10)9-13(17)11-3-2-4-12(15)14(11)16/h2-4,10,13H,5-9,17H2,1H3. The highest BCUT2D eigenvalue weighted by Crippen LogP contribution is 2.28. The molecular formula is C14H20F2N2O. The van der Waals surface area contributed by atoms with E-state index in [1.165, 1.54) is 6.07 Å². The number of nitrogens with two attached hydrogens (primary N) is 1. The Labute approximate surface area is 112 Å². The molecule has 1 fully saturated rings. The van der Waals surface area contributed by atoms with Gasteiger partial charge in [0.05, 0.1) is 6.61 Å². The first-order valence-corrected chi connectivity index (χ1v) is 6.56. The van der Waals surface area contributed by atoms with Gasteiger partial charge >= 0.3 is 0 Å². The fourth-order valence-electron chi connectivity index (χ4n) is 2.23. The minimum absolute atomic E-state index is 0.239. The number of rotatable bonds is 7. The first-order chi connectivity index (χ1) is 9.13. The number of benzene rings is 1. The van der Waals surface area contributed by atoms with Crippen LogP contribution < -0.4 is 5.73 Å². The van der Waals surface area contributed by atoms with Crippen molar-refractivity contribution in [3.05, 3.63) is 35.4 Å². The summed E-state index contributed by atoms with van der Waals surface area (Å²) in [6.45, 7) is 1.91. The number of nitrogens with zero attached hydrogens (tertiary/aromatic N) is 1. The fourth-order valence-corrected chi connectivity index (χ4v) is 2.23. The van der Waals surface area contributed by atoms with E-state index in [0.29, 0.717) is 19.2 Å². The summed E-state index contributed by atoms with van der Waals surface area (Å²) in [6, 6.07) is 4.13. The lowest BCUT2D eigenvalue weighted by Crippen LogP contribution is -2.36. The third kappa shape index (κ3) is 3.72. The van der Waals surface area contributed by atoms with Crippen molar-refractivity contribution < 1.29 is 13.5 Å². The molecule has 5 heteroatoms. The van der Waals surface area contributed by atoms with Gasteiger partial charge < -0.3 is 10.5 Å². The number of hydrogen-bond donors (Lipinski definition) is 1. The molecule has 0 aliphatic heterocycles. The second kappa shape index (κ2) is 6.41. The van der Waals surface area contributed by atoms with Crippen molar-refractivity contribution in [3.8, 4) is 0 Å². The second-order valence-corrected chi connectivity index (χ2v) is 4.97. The molecule has 0 heterocycles. The van der Waals surface area contributed by atoms with Gasteiger partial charge in [0, 0.05) is 37.8 Å². The van der Waals surface area contributed by atoms with Gasteiger partial charge in [-0.2, -0.15) is 0 Å². The maximum absolute atomic E-state index is 13.7. The zero-order valence-corrected chi connectivity index (χ0v) is 11.1. The smallest absolute Gasteiger partial charge is 0.163 e. The molecule has 1 atom stereocenters. The highest BCUT2D eigenvalue weighted by molar-refractivity contribution is 5.22. The predicted octanol–water partition coefficient (Wildman–Crippen LogP) is 2.08. The van der Waals surface area contributed by atoms with Gasteiger partial charge in [-0.1, -0.05) is 12.1 Å². The molecule has 1 saturated carbocycles. The van der Waals surface area contributed by atoms with Crippen molar-refractivity contribution in [2.24, 2.45) is 5.73 Å². The number of ether oxygens (including phenoxy) is 1. The maximum Gasteiger partial charge on any atom is 0.163 e. The average Bonchev–Trinajstić information content (AvgIpc) is 3.21. The van der Waals surface area contributed by atoms with Gasteiger partial charge in [0.25, 0.3) is 0 Å². The molecule has 19 heavy (non-hydrogen) atoms. The van der Waals surface area contributed by atoms with Gasteiger partial charge in [-0.3, -0.25) is 4.90 Å². The summed E-state index contributed by atoms with van der Waals surface area (Å²) in [5.41, 5.74) is 6.25. The molecule has 2 rings (SSSR count). The van der Waals surface area contributed by atoms with Crippen LogP contribution in [-0.2, 0) is 4.74 Å². The molecule has 0 aromatic heterocycles. The van der Waals surface area contributed by atoms with Crippen LogP contribution in [0, 0.1) is 11.6 Å². The lowest BCUT2D eigenvalue weighted by molar-refractivity contribution is 0.139. The second-order valence-electron chi connectivity index (χ2n) is 4.97. The highest BCUT2D eigenvalue weighted by Gasteiger charge is 2.30. The van der Waals surface area contributed by atoms with Gasteiger partial charge in [0.1, 0.15) is 0 Å². The monoisotopic (exact) mass is 270 g/mol. The Morgan fingerprint density at radius 3 is 2.79 bits per heavy atom.